The third-order valence-electron chi connectivity index (χ3n) is 5.29. The summed E-state index contributed by atoms with van der Waals surface area (Å²) < 4.78 is 5.26. The van der Waals surface area contributed by atoms with Crippen LogP contribution in [0.25, 0.3) is 0 Å². The van der Waals surface area contributed by atoms with Crippen LogP contribution in [0.4, 0.5) is 22.7 Å². The Kier molecular flexibility index (Phi) is 7.40. The molecule has 0 N–H and O–H groups in total. The number of halogens is 3. The first kappa shape index (κ1) is 23.4. The zero-order chi connectivity index (χ0) is 22.1. The van der Waals surface area contributed by atoms with Gasteiger partial charge in [-0.05, 0) is 99.8 Å². The summed E-state index contributed by atoms with van der Waals surface area (Å²) >= 11 is 10.2. The van der Waals surface area contributed by atoms with Crippen LogP contribution in [0.3, 0.4) is 0 Å². The lowest BCUT2D eigenvalue weighted by Gasteiger charge is -2.35. The topological polar surface area (TPSA) is 36.0 Å². The van der Waals surface area contributed by atoms with Gasteiger partial charge in [-0.2, -0.15) is 0 Å². The van der Waals surface area contributed by atoms with Crippen LogP contribution in [-0.4, -0.2) is 34.2 Å². The summed E-state index contributed by atoms with van der Waals surface area (Å²) in [5, 5.41) is 0. The SMILES string of the molecule is CCN(CC)c1ccc2c(c1)Oc1cc(N(CC)CC)ccc1N2C(=O)C(Br)(Br)Br. The summed E-state index contributed by atoms with van der Waals surface area (Å²) in [6.45, 7) is 12.1. The Balaban J connectivity index is 2.15. The van der Waals surface area contributed by atoms with Gasteiger partial charge in [-0.1, -0.05) is 0 Å². The number of carbonyl (C=O) groups is 1. The van der Waals surface area contributed by atoms with Crippen LogP contribution in [0, 0.1) is 0 Å². The average Bonchev–Trinajstić information content (AvgIpc) is 2.72. The van der Waals surface area contributed by atoms with Crippen molar-refractivity contribution in [1.82, 2.24) is 0 Å². The summed E-state index contributed by atoms with van der Waals surface area (Å²) in [5.74, 6) is 1.13. The van der Waals surface area contributed by atoms with Gasteiger partial charge in [0, 0.05) is 49.7 Å². The van der Waals surface area contributed by atoms with Crippen molar-refractivity contribution >= 4 is 76.4 Å². The van der Waals surface area contributed by atoms with E-state index in [9.17, 15) is 4.79 Å². The Labute approximate surface area is 203 Å². The molecule has 2 aromatic rings. The first-order valence-electron chi connectivity index (χ1n) is 10.1. The highest BCUT2D eigenvalue weighted by atomic mass is 80.0. The van der Waals surface area contributed by atoms with Gasteiger partial charge in [0.25, 0.3) is 5.91 Å². The molecule has 162 valence electrons. The Bertz CT molecular complexity index is 861. The van der Waals surface area contributed by atoms with Crippen LogP contribution in [0.2, 0.25) is 0 Å². The molecule has 30 heavy (non-hydrogen) atoms. The highest BCUT2D eigenvalue weighted by molar-refractivity contribution is 9.40. The summed E-state index contributed by atoms with van der Waals surface area (Å²) in [6, 6.07) is 12.0. The number of hydrogen-bond donors (Lipinski definition) is 0. The quantitative estimate of drug-likeness (QED) is 0.334. The van der Waals surface area contributed by atoms with Crippen molar-refractivity contribution in [3.8, 4) is 11.5 Å². The van der Waals surface area contributed by atoms with Gasteiger partial charge in [0.15, 0.2) is 11.5 Å². The smallest absolute Gasteiger partial charge is 0.270 e. The summed E-state index contributed by atoms with van der Waals surface area (Å²) in [6.07, 6.45) is 0. The maximum Gasteiger partial charge on any atom is 0.270 e. The number of amides is 1. The molecule has 0 bridgehead atoms. The van der Waals surface area contributed by atoms with Crippen molar-refractivity contribution in [3.05, 3.63) is 36.4 Å². The minimum Gasteiger partial charge on any atom is -0.453 e. The van der Waals surface area contributed by atoms with Crippen LogP contribution in [-0.2, 0) is 4.79 Å². The zero-order valence-corrected chi connectivity index (χ0v) is 22.3. The van der Waals surface area contributed by atoms with Crippen molar-refractivity contribution in [2.45, 2.75) is 29.8 Å². The van der Waals surface area contributed by atoms with Crippen molar-refractivity contribution in [2.75, 3.05) is 40.9 Å². The van der Waals surface area contributed by atoms with Gasteiger partial charge < -0.3 is 14.5 Å². The number of carbonyl (C=O) groups excluding carboxylic acids is 1. The largest absolute Gasteiger partial charge is 0.453 e. The van der Waals surface area contributed by atoms with Crippen LogP contribution in [0.1, 0.15) is 27.7 Å². The van der Waals surface area contributed by atoms with Crippen molar-refractivity contribution < 1.29 is 9.53 Å². The molecular weight excluding hydrogens is 578 g/mol. The number of nitrogens with zero attached hydrogens (tertiary/aromatic N) is 3. The number of benzene rings is 2. The standard InChI is InChI=1S/C22H26Br3N3O2/c1-5-26(6-2)15-9-11-17-19(13-15)30-20-14-16(27(7-3)8-4)10-12-18(20)28(17)21(29)22(23,24)25/h9-14H,5-8H2,1-4H3. The lowest BCUT2D eigenvalue weighted by atomic mass is 10.1. The predicted octanol–water partition coefficient (Wildman–Crippen LogP) is 6.99. The van der Waals surface area contributed by atoms with Crippen molar-refractivity contribution in [2.24, 2.45) is 0 Å². The van der Waals surface area contributed by atoms with E-state index >= 15 is 0 Å². The monoisotopic (exact) mass is 601 g/mol. The lowest BCUT2D eigenvalue weighted by Crippen LogP contribution is -2.37. The van der Waals surface area contributed by atoms with Crippen LogP contribution < -0.4 is 19.4 Å². The maximum absolute atomic E-state index is 13.3. The van der Waals surface area contributed by atoms with E-state index in [1.807, 2.05) is 36.4 Å². The van der Waals surface area contributed by atoms with E-state index in [0.717, 1.165) is 37.6 Å². The van der Waals surface area contributed by atoms with E-state index in [2.05, 4.69) is 85.3 Å². The van der Waals surface area contributed by atoms with Crippen molar-refractivity contribution in [1.29, 1.82) is 0 Å². The second kappa shape index (κ2) is 9.49. The molecule has 1 amide bonds. The number of anilines is 4. The molecular formula is C22H26Br3N3O2. The molecule has 1 aliphatic rings. The Morgan fingerprint density at radius 1 is 0.833 bits per heavy atom. The van der Waals surface area contributed by atoms with E-state index < -0.39 is 2.14 Å². The van der Waals surface area contributed by atoms with Gasteiger partial charge in [0.05, 0.1) is 11.4 Å². The molecule has 5 nitrogen and oxygen atoms in total. The lowest BCUT2D eigenvalue weighted by molar-refractivity contribution is -0.116. The highest BCUT2D eigenvalue weighted by Gasteiger charge is 2.39. The number of fused-ring (bicyclic) bond motifs is 2. The molecule has 0 spiro atoms. The molecule has 8 heteroatoms. The minimum atomic E-state index is -1.08. The first-order valence-corrected chi connectivity index (χ1v) is 12.5. The predicted molar refractivity (Wildman–Crippen MR) is 137 cm³/mol. The number of alkyl halides is 3. The zero-order valence-electron chi connectivity index (χ0n) is 17.6. The molecule has 0 aliphatic carbocycles. The second-order valence-corrected chi connectivity index (χ2v) is 13.6. The number of ether oxygens (including phenoxy) is 1. The molecule has 0 aromatic heterocycles. The first-order chi connectivity index (χ1) is 14.2. The molecule has 3 rings (SSSR count). The molecule has 0 atom stereocenters. The van der Waals surface area contributed by atoms with Crippen LogP contribution in [0.15, 0.2) is 36.4 Å². The summed E-state index contributed by atoms with van der Waals surface area (Å²) in [5.41, 5.74) is 3.55. The fraction of sp³-hybridized carbons (Fsp3) is 0.409. The molecule has 2 aromatic carbocycles. The third-order valence-corrected chi connectivity index (χ3v) is 6.31. The van der Waals surface area contributed by atoms with Crippen LogP contribution >= 0.6 is 47.8 Å². The van der Waals surface area contributed by atoms with E-state index in [1.54, 1.807) is 4.90 Å². The molecule has 1 heterocycles. The maximum atomic E-state index is 13.3. The van der Waals surface area contributed by atoms with Gasteiger partial charge in [0.2, 0.25) is 2.14 Å². The van der Waals surface area contributed by atoms with Gasteiger partial charge in [-0.3, -0.25) is 9.69 Å². The van der Waals surface area contributed by atoms with E-state index in [0.29, 0.717) is 22.9 Å². The number of rotatable bonds is 6. The van der Waals surface area contributed by atoms with Gasteiger partial charge >= 0.3 is 0 Å². The highest BCUT2D eigenvalue weighted by Crippen LogP contribution is 2.51. The molecule has 0 saturated heterocycles. The van der Waals surface area contributed by atoms with Crippen molar-refractivity contribution in [3.63, 3.8) is 0 Å². The second-order valence-electron chi connectivity index (χ2n) is 6.89. The van der Waals surface area contributed by atoms with Gasteiger partial charge in [-0.25, -0.2) is 0 Å². The molecule has 0 saturated carbocycles. The Morgan fingerprint density at radius 3 is 1.57 bits per heavy atom. The van der Waals surface area contributed by atoms with Gasteiger partial charge in [0.1, 0.15) is 0 Å². The van der Waals surface area contributed by atoms with E-state index in [4.69, 9.17) is 4.74 Å². The normalized spacial score (nSPS) is 12.7. The van der Waals surface area contributed by atoms with Crippen LogP contribution in [0.5, 0.6) is 11.5 Å². The Morgan fingerprint density at radius 2 is 1.23 bits per heavy atom. The molecule has 0 radical (unpaired) electrons. The third kappa shape index (κ3) is 4.50. The summed E-state index contributed by atoms with van der Waals surface area (Å²) in [7, 11) is 0. The fourth-order valence-corrected chi connectivity index (χ4v) is 4.24. The minimum absolute atomic E-state index is 0.195. The van der Waals surface area contributed by atoms with Gasteiger partial charge in [-0.15, -0.1) is 0 Å². The molecule has 1 aliphatic heterocycles. The average molecular weight is 604 g/mol. The molecule has 0 fully saturated rings. The molecule has 0 unspecified atom stereocenters. The fourth-order valence-electron chi connectivity index (χ4n) is 3.70. The summed E-state index contributed by atoms with van der Waals surface area (Å²) in [4.78, 5) is 19.5. The Hall–Kier alpha value is -1.25. The van der Waals surface area contributed by atoms with E-state index in [1.165, 1.54) is 0 Å². The van der Waals surface area contributed by atoms with E-state index in [-0.39, 0.29) is 5.91 Å². The number of hydrogen-bond acceptors (Lipinski definition) is 4.